The van der Waals surface area contributed by atoms with Gasteiger partial charge in [-0.2, -0.15) is 0 Å². The van der Waals surface area contributed by atoms with E-state index in [-0.39, 0.29) is 0 Å². The zero-order valence-electron chi connectivity index (χ0n) is 9.75. The average molecular weight is 257 g/mol. The predicted molar refractivity (Wildman–Crippen MR) is 72.2 cm³/mol. The molecule has 0 amide bonds. The minimum atomic E-state index is 0.741. The van der Waals surface area contributed by atoms with Crippen molar-refractivity contribution in [2.75, 3.05) is 5.73 Å². The summed E-state index contributed by atoms with van der Waals surface area (Å²) in [7, 11) is 0. The SMILES string of the molecule is Cc1oncc1-c1cnc(-c2cccc(N)c2)s1. The van der Waals surface area contributed by atoms with E-state index in [0.29, 0.717) is 0 Å². The molecule has 3 aromatic rings. The van der Waals surface area contributed by atoms with Gasteiger partial charge in [-0.05, 0) is 19.1 Å². The number of rotatable bonds is 2. The van der Waals surface area contributed by atoms with Crippen LogP contribution in [0.25, 0.3) is 21.0 Å². The van der Waals surface area contributed by atoms with E-state index in [0.717, 1.165) is 32.5 Å². The molecule has 2 N–H and O–H groups in total. The Morgan fingerprint density at radius 2 is 2.17 bits per heavy atom. The summed E-state index contributed by atoms with van der Waals surface area (Å²) in [6, 6.07) is 7.71. The van der Waals surface area contributed by atoms with Crippen molar-refractivity contribution in [3.8, 4) is 21.0 Å². The first-order valence-corrected chi connectivity index (χ1v) is 6.29. The highest BCUT2D eigenvalue weighted by Crippen LogP contribution is 2.33. The maximum absolute atomic E-state index is 5.77. The zero-order chi connectivity index (χ0) is 12.5. The lowest BCUT2D eigenvalue weighted by molar-refractivity contribution is 0.398. The van der Waals surface area contributed by atoms with Gasteiger partial charge in [-0.25, -0.2) is 4.98 Å². The summed E-state index contributed by atoms with van der Waals surface area (Å²) in [6.07, 6.45) is 3.55. The molecule has 1 aromatic carbocycles. The van der Waals surface area contributed by atoms with E-state index in [1.54, 1.807) is 17.5 Å². The lowest BCUT2D eigenvalue weighted by Crippen LogP contribution is -1.84. The third-order valence-electron chi connectivity index (χ3n) is 2.66. The van der Waals surface area contributed by atoms with E-state index < -0.39 is 0 Å². The minimum Gasteiger partial charge on any atom is -0.399 e. The third kappa shape index (κ3) is 1.89. The summed E-state index contributed by atoms with van der Waals surface area (Å²) in [4.78, 5) is 5.47. The number of anilines is 1. The van der Waals surface area contributed by atoms with Crippen molar-refractivity contribution in [2.24, 2.45) is 0 Å². The Bertz CT molecular complexity index is 687. The Hall–Kier alpha value is -2.14. The van der Waals surface area contributed by atoms with Gasteiger partial charge in [0.1, 0.15) is 10.8 Å². The predicted octanol–water partition coefficient (Wildman–Crippen LogP) is 3.36. The van der Waals surface area contributed by atoms with Crippen LogP contribution in [0.1, 0.15) is 5.76 Å². The molecule has 0 spiro atoms. The van der Waals surface area contributed by atoms with Crippen LogP contribution < -0.4 is 5.73 Å². The topological polar surface area (TPSA) is 64.9 Å². The van der Waals surface area contributed by atoms with Gasteiger partial charge in [0.05, 0.1) is 16.6 Å². The molecule has 2 heterocycles. The molecule has 0 saturated carbocycles. The highest BCUT2D eigenvalue weighted by atomic mass is 32.1. The third-order valence-corrected chi connectivity index (χ3v) is 3.74. The number of thiazole rings is 1. The van der Waals surface area contributed by atoms with Crippen LogP contribution in [0, 0.1) is 6.92 Å². The van der Waals surface area contributed by atoms with Gasteiger partial charge in [0.2, 0.25) is 0 Å². The second kappa shape index (κ2) is 4.27. The molecule has 0 fully saturated rings. The molecule has 0 unspecified atom stereocenters. The molecule has 2 aromatic heterocycles. The lowest BCUT2D eigenvalue weighted by atomic mass is 10.2. The smallest absolute Gasteiger partial charge is 0.142 e. The highest BCUT2D eigenvalue weighted by Gasteiger charge is 2.11. The number of nitrogen functional groups attached to an aromatic ring is 1. The van der Waals surface area contributed by atoms with Crippen LogP contribution >= 0.6 is 11.3 Å². The van der Waals surface area contributed by atoms with Crippen molar-refractivity contribution < 1.29 is 4.52 Å². The zero-order valence-corrected chi connectivity index (χ0v) is 10.6. The Morgan fingerprint density at radius 3 is 2.89 bits per heavy atom. The monoisotopic (exact) mass is 257 g/mol. The molecule has 0 aliphatic heterocycles. The van der Waals surface area contributed by atoms with Gasteiger partial charge >= 0.3 is 0 Å². The average Bonchev–Trinajstić information content (AvgIpc) is 2.97. The van der Waals surface area contributed by atoms with Gasteiger partial charge in [-0.1, -0.05) is 17.3 Å². The van der Waals surface area contributed by atoms with Gasteiger partial charge in [0, 0.05) is 17.4 Å². The summed E-state index contributed by atoms with van der Waals surface area (Å²) in [5.41, 5.74) is 8.53. The molecular weight excluding hydrogens is 246 g/mol. The molecule has 3 rings (SSSR count). The van der Waals surface area contributed by atoms with E-state index in [9.17, 15) is 0 Å². The normalized spacial score (nSPS) is 10.7. The van der Waals surface area contributed by atoms with E-state index >= 15 is 0 Å². The van der Waals surface area contributed by atoms with E-state index in [1.807, 2.05) is 37.4 Å². The lowest BCUT2D eigenvalue weighted by Gasteiger charge is -1.97. The molecule has 90 valence electrons. The van der Waals surface area contributed by atoms with E-state index in [1.165, 1.54) is 0 Å². The van der Waals surface area contributed by atoms with Crippen molar-refractivity contribution >= 4 is 17.0 Å². The van der Waals surface area contributed by atoms with Crippen LogP contribution in [0.4, 0.5) is 5.69 Å². The Kier molecular flexibility index (Phi) is 2.60. The number of aryl methyl sites for hydroxylation is 1. The second-order valence-corrected chi connectivity index (χ2v) is 4.98. The molecule has 18 heavy (non-hydrogen) atoms. The van der Waals surface area contributed by atoms with Gasteiger partial charge in [0.25, 0.3) is 0 Å². The van der Waals surface area contributed by atoms with Crippen LogP contribution in [0.15, 0.2) is 41.2 Å². The van der Waals surface area contributed by atoms with Crippen molar-refractivity contribution in [1.29, 1.82) is 0 Å². The van der Waals surface area contributed by atoms with E-state index in [4.69, 9.17) is 10.3 Å². The number of nitrogens with zero attached hydrogens (tertiary/aromatic N) is 2. The summed E-state index contributed by atoms with van der Waals surface area (Å²) in [5, 5.41) is 4.72. The number of nitrogens with two attached hydrogens (primary N) is 1. The van der Waals surface area contributed by atoms with Crippen LogP contribution in [-0.4, -0.2) is 10.1 Å². The molecule has 0 aliphatic rings. The minimum absolute atomic E-state index is 0.741. The van der Waals surface area contributed by atoms with Crippen LogP contribution in [-0.2, 0) is 0 Å². The van der Waals surface area contributed by atoms with Gasteiger partial charge in [-0.3, -0.25) is 0 Å². The number of aromatic nitrogens is 2. The molecule has 5 heteroatoms. The largest absolute Gasteiger partial charge is 0.399 e. The molecule has 0 atom stereocenters. The Morgan fingerprint density at radius 1 is 1.28 bits per heavy atom. The Labute approximate surface area is 108 Å². The van der Waals surface area contributed by atoms with Crippen LogP contribution in [0.5, 0.6) is 0 Å². The second-order valence-electron chi connectivity index (χ2n) is 3.95. The van der Waals surface area contributed by atoms with Crippen LogP contribution in [0.3, 0.4) is 0 Å². The van der Waals surface area contributed by atoms with Crippen molar-refractivity contribution in [2.45, 2.75) is 6.92 Å². The summed E-state index contributed by atoms with van der Waals surface area (Å²) < 4.78 is 5.06. The maximum atomic E-state index is 5.77. The summed E-state index contributed by atoms with van der Waals surface area (Å²) in [6.45, 7) is 1.89. The quantitative estimate of drug-likeness (QED) is 0.715. The van der Waals surface area contributed by atoms with Crippen molar-refractivity contribution in [3.05, 3.63) is 42.4 Å². The maximum Gasteiger partial charge on any atom is 0.142 e. The fourth-order valence-electron chi connectivity index (χ4n) is 1.74. The first kappa shape index (κ1) is 11.0. The summed E-state index contributed by atoms with van der Waals surface area (Å²) in [5.74, 6) is 0.803. The van der Waals surface area contributed by atoms with Gasteiger partial charge in [-0.15, -0.1) is 11.3 Å². The van der Waals surface area contributed by atoms with Crippen LogP contribution in [0.2, 0.25) is 0 Å². The molecule has 0 bridgehead atoms. The first-order valence-electron chi connectivity index (χ1n) is 5.47. The van der Waals surface area contributed by atoms with Crippen molar-refractivity contribution in [3.63, 3.8) is 0 Å². The highest BCUT2D eigenvalue weighted by molar-refractivity contribution is 7.18. The fourth-order valence-corrected chi connectivity index (χ4v) is 2.71. The van der Waals surface area contributed by atoms with E-state index in [2.05, 4.69) is 10.1 Å². The van der Waals surface area contributed by atoms with Crippen molar-refractivity contribution in [1.82, 2.24) is 10.1 Å². The van der Waals surface area contributed by atoms with Gasteiger partial charge in [0.15, 0.2) is 0 Å². The molecule has 4 nitrogen and oxygen atoms in total. The molecular formula is C13H11N3OS. The first-order chi connectivity index (χ1) is 8.74. The molecule has 0 aliphatic carbocycles. The summed E-state index contributed by atoms with van der Waals surface area (Å²) >= 11 is 1.60. The fraction of sp³-hybridized carbons (Fsp3) is 0.0769. The number of benzene rings is 1. The molecule has 0 saturated heterocycles. The number of hydrogen-bond donors (Lipinski definition) is 1. The standard InChI is InChI=1S/C13H11N3OS/c1-8-11(6-16-17-8)12-7-15-13(18-12)9-3-2-4-10(14)5-9/h2-7H,14H2,1H3. The van der Waals surface area contributed by atoms with Gasteiger partial charge < -0.3 is 10.3 Å². The Balaban J connectivity index is 2.02. The number of hydrogen-bond acceptors (Lipinski definition) is 5. The molecule has 0 radical (unpaired) electrons.